The average molecular weight is 346 g/mol. The number of aryl methyl sites for hydroxylation is 1. The van der Waals surface area contributed by atoms with Crippen LogP contribution in [0.4, 0.5) is 0 Å². The van der Waals surface area contributed by atoms with Gasteiger partial charge in [-0.25, -0.2) is 0 Å². The molecule has 0 spiro atoms. The van der Waals surface area contributed by atoms with Crippen molar-refractivity contribution in [1.82, 2.24) is 5.32 Å². The fraction of sp³-hybridized carbons (Fsp3) is 0.429. The highest BCUT2D eigenvalue weighted by Gasteiger charge is 2.23. The number of terminal acetylenes is 1. The van der Waals surface area contributed by atoms with Gasteiger partial charge in [-0.05, 0) is 62.8 Å². The first-order valence-corrected chi connectivity index (χ1v) is 8.72. The number of nitrogens with one attached hydrogen (secondary N) is 1. The van der Waals surface area contributed by atoms with E-state index in [1.807, 2.05) is 13.0 Å². The summed E-state index contributed by atoms with van der Waals surface area (Å²) in [5, 5.41) is 4.13. The zero-order valence-electron chi connectivity index (χ0n) is 14.9. The zero-order chi connectivity index (χ0) is 17.9. The molecule has 1 aliphatic rings. The largest absolute Gasteiger partial charge is 0.496 e. The number of methoxy groups -OCH3 is 1. The first-order chi connectivity index (χ1) is 11.7. The van der Waals surface area contributed by atoms with Crippen molar-refractivity contribution in [3.8, 4) is 12.8 Å². The molecule has 0 bridgehead atoms. The molecule has 24 heavy (non-hydrogen) atoms. The second kappa shape index (κ2) is 11.0. The Bertz CT molecular complexity index is 589. The van der Waals surface area contributed by atoms with Crippen LogP contribution in [0.15, 0.2) is 47.2 Å². The Morgan fingerprint density at radius 1 is 1.38 bits per heavy atom. The summed E-state index contributed by atoms with van der Waals surface area (Å²) in [6.07, 6.45) is 16.4. The molecule has 0 saturated heterocycles. The van der Waals surface area contributed by atoms with Crippen LogP contribution in [0.1, 0.15) is 43.2 Å². The average Bonchev–Trinajstić information content (AvgIpc) is 2.83. The summed E-state index contributed by atoms with van der Waals surface area (Å²) in [6, 6.07) is 9.39. The molecule has 3 heteroatoms. The first kappa shape index (κ1) is 20.4. The van der Waals surface area contributed by atoms with E-state index in [9.17, 15) is 0 Å². The van der Waals surface area contributed by atoms with Crippen molar-refractivity contribution < 1.29 is 4.74 Å². The Hall–Kier alpha value is -1.69. The molecule has 0 fully saturated rings. The Balaban J connectivity index is 0.00000139. The number of hydrogen-bond donors (Lipinski definition) is 1. The van der Waals surface area contributed by atoms with Crippen LogP contribution < -0.4 is 5.32 Å². The Morgan fingerprint density at radius 3 is 2.71 bits per heavy atom. The van der Waals surface area contributed by atoms with Crippen molar-refractivity contribution in [3.63, 3.8) is 0 Å². The number of ether oxygens (including phenoxy) is 1. The van der Waals surface area contributed by atoms with E-state index >= 15 is 0 Å². The normalized spacial score (nSPS) is 21.1. The standard InChI is InChI=1S/C19H26ClNO.C2H2/c1-4-18(20)19(22-3)12-10-15-13-16(21-2)11-9-14-7-5-6-8-17(14)15;1-2/h4-8,12,15-16,21H,9-11,13H2,1-3H3;1-2H/b18-4+,19-12+;/t15-,16?;/m1./s1. The molecular weight excluding hydrogens is 318 g/mol. The van der Waals surface area contributed by atoms with Gasteiger partial charge in [0, 0.05) is 6.04 Å². The second-order valence-corrected chi connectivity index (χ2v) is 6.21. The van der Waals surface area contributed by atoms with E-state index in [-0.39, 0.29) is 0 Å². The SMILES string of the molecule is C#C.C/C=C(Cl)\C(=C/C[C@@H]1CC(NC)CCc2ccccc21)OC. The molecule has 2 rings (SSSR count). The number of allylic oxidation sites excluding steroid dienone is 3. The van der Waals surface area contributed by atoms with Gasteiger partial charge < -0.3 is 10.1 Å². The molecule has 0 radical (unpaired) electrons. The van der Waals surface area contributed by atoms with Gasteiger partial charge in [-0.2, -0.15) is 0 Å². The van der Waals surface area contributed by atoms with Crippen molar-refractivity contribution in [1.29, 1.82) is 0 Å². The predicted octanol–water partition coefficient (Wildman–Crippen LogP) is 5.01. The number of hydrogen-bond acceptors (Lipinski definition) is 2. The highest BCUT2D eigenvalue weighted by Crippen LogP contribution is 2.34. The number of benzene rings is 1. The Kier molecular flexibility index (Phi) is 9.30. The second-order valence-electron chi connectivity index (χ2n) is 5.80. The van der Waals surface area contributed by atoms with Crippen LogP contribution in [0.3, 0.4) is 0 Å². The van der Waals surface area contributed by atoms with Crippen LogP contribution >= 0.6 is 11.6 Å². The summed E-state index contributed by atoms with van der Waals surface area (Å²) in [5.41, 5.74) is 2.96. The van der Waals surface area contributed by atoms with E-state index in [2.05, 4.69) is 55.6 Å². The van der Waals surface area contributed by atoms with Gasteiger partial charge in [0.25, 0.3) is 0 Å². The third-order valence-corrected chi connectivity index (χ3v) is 4.94. The zero-order valence-corrected chi connectivity index (χ0v) is 15.6. The lowest BCUT2D eigenvalue weighted by Crippen LogP contribution is -2.26. The van der Waals surface area contributed by atoms with E-state index in [0.717, 1.165) is 25.0 Å². The minimum Gasteiger partial charge on any atom is -0.496 e. The number of fused-ring (bicyclic) bond motifs is 1. The van der Waals surface area contributed by atoms with E-state index in [1.54, 1.807) is 7.11 Å². The van der Waals surface area contributed by atoms with Crippen LogP contribution in [0.5, 0.6) is 0 Å². The molecular formula is C21H28ClNO. The topological polar surface area (TPSA) is 21.3 Å². The van der Waals surface area contributed by atoms with Crippen molar-refractivity contribution in [2.24, 2.45) is 0 Å². The van der Waals surface area contributed by atoms with Crippen LogP contribution in [0, 0.1) is 12.8 Å². The quantitative estimate of drug-likeness (QED) is 0.350. The third-order valence-electron chi connectivity index (χ3n) is 4.53. The van der Waals surface area contributed by atoms with Gasteiger partial charge in [0.1, 0.15) is 5.76 Å². The van der Waals surface area contributed by atoms with Gasteiger partial charge in [-0.15, -0.1) is 12.8 Å². The van der Waals surface area contributed by atoms with Crippen LogP contribution in [0.25, 0.3) is 0 Å². The molecule has 130 valence electrons. The molecule has 1 aromatic rings. The fourth-order valence-corrected chi connectivity index (χ4v) is 3.39. The van der Waals surface area contributed by atoms with Crippen LogP contribution in [0.2, 0.25) is 0 Å². The molecule has 1 N–H and O–H groups in total. The summed E-state index contributed by atoms with van der Waals surface area (Å²) in [6.45, 7) is 1.92. The third kappa shape index (κ3) is 5.44. The van der Waals surface area contributed by atoms with Crippen LogP contribution in [-0.2, 0) is 11.2 Å². The molecule has 0 heterocycles. The molecule has 1 aliphatic carbocycles. The van der Waals surface area contributed by atoms with Gasteiger partial charge in [-0.1, -0.05) is 41.9 Å². The number of halogens is 1. The van der Waals surface area contributed by atoms with Gasteiger partial charge in [-0.3, -0.25) is 0 Å². The van der Waals surface area contributed by atoms with E-state index in [4.69, 9.17) is 16.3 Å². The van der Waals surface area contributed by atoms with Gasteiger partial charge in [0.15, 0.2) is 0 Å². The molecule has 0 saturated carbocycles. The summed E-state index contributed by atoms with van der Waals surface area (Å²) >= 11 is 6.19. The fourth-order valence-electron chi connectivity index (χ4n) is 3.23. The highest BCUT2D eigenvalue weighted by molar-refractivity contribution is 6.31. The molecule has 0 aliphatic heterocycles. The van der Waals surface area contributed by atoms with Gasteiger partial charge in [0.2, 0.25) is 0 Å². The lowest BCUT2D eigenvalue weighted by molar-refractivity contribution is 0.302. The molecule has 1 unspecified atom stereocenters. The predicted molar refractivity (Wildman–Crippen MR) is 104 cm³/mol. The monoisotopic (exact) mass is 345 g/mol. The summed E-state index contributed by atoms with van der Waals surface area (Å²) in [7, 11) is 3.74. The first-order valence-electron chi connectivity index (χ1n) is 8.34. The van der Waals surface area contributed by atoms with Gasteiger partial charge in [0.05, 0.1) is 12.1 Å². The smallest absolute Gasteiger partial charge is 0.133 e. The van der Waals surface area contributed by atoms with Crippen molar-refractivity contribution in [2.45, 2.75) is 44.6 Å². The molecule has 1 aromatic carbocycles. The highest BCUT2D eigenvalue weighted by atomic mass is 35.5. The van der Waals surface area contributed by atoms with Crippen LogP contribution in [-0.4, -0.2) is 20.2 Å². The lowest BCUT2D eigenvalue weighted by atomic mass is 9.89. The minimum absolute atomic E-state index is 0.502. The molecule has 2 nitrogen and oxygen atoms in total. The maximum Gasteiger partial charge on any atom is 0.133 e. The maximum absolute atomic E-state index is 6.19. The summed E-state index contributed by atoms with van der Waals surface area (Å²) < 4.78 is 5.41. The Labute approximate surface area is 151 Å². The maximum atomic E-state index is 6.19. The summed E-state index contributed by atoms with van der Waals surface area (Å²) in [5.74, 6) is 1.27. The van der Waals surface area contributed by atoms with Gasteiger partial charge >= 0.3 is 0 Å². The van der Waals surface area contributed by atoms with E-state index in [1.165, 1.54) is 17.5 Å². The lowest BCUT2D eigenvalue weighted by Gasteiger charge is -2.20. The molecule has 2 atom stereocenters. The van der Waals surface area contributed by atoms with E-state index < -0.39 is 0 Å². The molecule has 0 amide bonds. The van der Waals surface area contributed by atoms with Crippen molar-refractivity contribution in [3.05, 3.63) is 58.3 Å². The van der Waals surface area contributed by atoms with E-state index in [0.29, 0.717) is 17.0 Å². The molecule has 0 aromatic heterocycles. The van der Waals surface area contributed by atoms with Crippen molar-refractivity contribution in [2.75, 3.05) is 14.2 Å². The number of rotatable bonds is 5. The Morgan fingerprint density at radius 2 is 2.08 bits per heavy atom. The summed E-state index contributed by atoms with van der Waals surface area (Å²) in [4.78, 5) is 0. The minimum atomic E-state index is 0.502. The van der Waals surface area contributed by atoms with Crippen molar-refractivity contribution >= 4 is 11.6 Å².